The molecule has 108 valence electrons. The number of rotatable bonds is 1. The van der Waals surface area contributed by atoms with E-state index in [0.717, 1.165) is 9.13 Å². The molecule has 0 fully saturated rings. The number of hydrogen-bond acceptors (Lipinski definition) is 5. The average Bonchev–Trinajstić information content (AvgIpc) is 2.87. The minimum Gasteiger partial charge on any atom is -0.269 e. The van der Waals surface area contributed by atoms with Crippen LogP contribution in [-0.2, 0) is 0 Å². The summed E-state index contributed by atoms with van der Waals surface area (Å²) < 4.78 is 4.08. The Bertz CT molecular complexity index is 1080. The van der Waals surface area contributed by atoms with Crippen LogP contribution in [0.2, 0.25) is 0 Å². The van der Waals surface area contributed by atoms with E-state index in [-0.39, 0.29) is 5.56 Å². The van der Waals surface area contributed by atoms with Gasteiger partial charge in [0.15, 0.2) is 0 Å². The van der Waals surface area contributed by atoms with Crippen molar-refractivity contribution in [3.05, 3.63) is 56.5 Å². The first kappa shape index (κ1) is 13.3. The second-order valence-electron chi connectivity index (χ2n) is 4.80. The average molecular weight is 404 g/mol. The highest BCUT2D eigenvalue weighted by atomic mass is 127. The van der Waals surface area contributed by atoms with Crippen molar-refractivity contribution >= 4 is 34.0 Å². The highest BCUT2D eigenvalue weighted by Gasteiger charge is 2.08. The van der Waals surface area contributed by atoms with Crippen LogP contribution in [0.1, 0.15) is 5.82 Å². The second kappa shape index (κ2) is 4.83. The molecule has 0 aliphatic heterocycles. The molecule has 0 saturated carbocycles. The molecule has 4 heterocycles. The molecule has 0 radical (unpaired) electrons. The van der Waals surface area contributed by atoms with Crippen LogP contribution in [0, 0.1) is 10.5 Å². The van der Waals surface area contributed by atoms with Crippen LogP contribution in [0.4, 0.5) is 0 Å². The van der Waals surface area contributed by atoms with Crippen LogP contribution < -0.4 is 5.56 Å². The first-order valence-corrected chi connectivity index (χ1v) is 7.56. The third kappa shape index (κ3) is 2.15. The van der Waals surface area contributed by atoms with E-state index >= 15 is 0 Å². The third-order valence-electron chi connectivity index (χ3n) is 3.22. The second-order valence-corrected chi connectivity index (χ2v) is 6.05. The van der Waals surface area contributed by atoms with Gasteiger partial charge in [-0.25, -0.2) is 14.5 Å². The molecule has 0 N–H and O–H groups in total. The van der Waals surface area contributed by atoms with Crippen molar-refractivity contribution in [2.24, 2.45) is 0 Å². The van der Waals surface area contributed by atoms with Gasteiger partial charge in [0, 0.05) is 33.8 Å². The van der Waals surface area contributed by atoms with Crippen molar-refractivity contribution in [2.45, 2.75) is 6.92 Å². The number of halogens is 1. The van der Waals surface area contributed by atoms with E-state index in [2.05, 4.69) is 42.6 Å². The van der Waals surface area contributed by atoms with Gasteiger partial charge in [0.2, 0.25) is 0 Å². The fourth-order valence-electron chi connectivity index (χ4n) is 2.24. The first-order valence-electron chi connectivity index (χ1n) is 6.48. The van der Waals surface area contributed by atoms with Crippen LogP contribution >= 0.6 is 22.6 Å². The maximum Gasteiger partial charge on any atom is 0.258 e. The first-order chi connectivity index (χ1) is 10.6. The number of aryl methyl sites for hydroxylation is 1. The van der Waals surface area contributed by atoms with Gasteiger partial charge in [-0.2, -0.15) is 10.1 Å². The largest absolute Gasteiger partial charge is 0.269 e. The van der Waals surface area contributed by atoms with Crippen molar-refractivity contribution < 1.29 is 0 Å². The maximum atomic E-state index is 12.3. The van der Waals surface area contributed by atoms with E-state index in [9.17, 15) is 4.79 Å². The van der Waals surface area contributed by atoms with Gasteiger partial charge < -0.3 is 0 Å². The zero-order valence-corrected chi connectivity index (χ0v) is 13.6. The van der Waals surface area contributed by atoms with E-state index in [0.29, 0.717) is 22.9 Å². The van der Waals surface area contributed by atoms with Crippen LogP contribution in [0.15, 0.2) is 41.6 Å². The van der Waals surface area contributed by atoms with Crippen molar-refractivity contribution in [3.8, 4) is 11.3 Å². The highest BCUT2D eigenvalue weighted by molar-refractivity contribution is 14.1. The predicted octanol–water partition coefficient (Wildman–Crippen LogP) is 1.71. The molecular formula is C14H9IN6O. The van der Waals surface area contributed by atoms with E-state index in [1.54, 1.807) is 30.0 Å². The Morgan fingerprint density at radius 1 is 1.18 bits per heavy atom. The molecule has 0 aliphatic rings. The molecule has 0 unspecified atom stereocenters. The minimum absolute atomic E-state index is 0.131. The number of hydrogen-bond donors (Lipinski definition) is 0. The molecular weight excluding hydrogens is 395 g/mol. The Balaban J connectivity index is 1.95. The van der Waals surface area contributed by atoms with Gasteiger partial charge in [-0.15, -0.1) is 0 Å². The molecule has 8 heteroatoms. The number of nitrogens with zero attached hydrogens (tertiary/aromatic N) is 6. The van der Waals surface area contributed by atoms with Crippen molar-refractivity contribution in [1.29, 1.82) is 0 Å². The highest BCUT2D eigenvalue weighted by Crippen LogP contribution is 2.16. The SMILES string of the molecule is Cc1nc2ncc(-c3cc(=O)n4cc(I)ccc4n3)cn2n1. The lowest BCUT2D eigenvalue weighted by Gasteiger charge is -2.04. The Morgan fingerprint density at radius 2 is 2.05 bits per heavy atom. The summed E-state index contributed by atoms with van der Waals surface area (Å²) in [7, 11) is 0. The summed E-state index contributed by atoms with van der Waals surface area (Å²) in [6.07, 6.45) is 5.18. The monoisotopic (exact) mass is 404 g/mol. The Labute approximate surface area is 137 Å². The maximum absolute atomic E-state index is 12.3. The van der Waals surface area contributed by atoms with E-state index in [4.69, 9.17) is 0 Å². The minimum atomic E-state index is -0.131. The summed E-state index contributed by atoms with van der Waals surface area (Å²) in [5, 5.41) is 4.23. The summed E-state index contributed by atoms with van der Waals surface area (Å²) in [4.78, 5) is 25.2. The van der Waals surface area contributed by atoms with E-state index in [1.807, 2.05) is 12.1 Å². The zero-order chi connectivity index (χ0) is 15.3. The smallest absolute Gasteiger partial charge is 0.258 e. The Hall–Kier alpha value is -2.36. The standard InChI is InChI=1S/C14H9IN6O/c1-8-17-14-16-5-9(6-21(14)19-8)11-4-13(22)20-7-10(15)2-3-12(20)18-11/h2-7H,1H3. The van der Waals surface area contributed by atoms with Gasteiger partial charge in [-0.3, -0.25) is 9.20 Å². The number of pyridine rings is 1. The van der Waals surface area contributed by atoms with Gasteiger partial charge in [0.25, 0.3) is 11.3 Å². The lowest BCUT2D eigenvalue weighted by Crippen LogP contribution is -2.14. The molecule has 4 rings (SSSR count). The molecule has 0 spiro atoms. The molecule has 7 nitrogen and oxygen atoms in total. The summed E-state index contributed by atoms with van der Waals surface area (Å²) in [6.45, 7) is 1.80. The van der Waals surface area contributed by atoms with Crippen LogP contribution in [0.3, 0.4) is 0 Å². The third-order valence-corrected chi connectivity index (χ3v) is 3.86. The molecule has 0 amide bonds. The van der Waals surface area contributed by atoms with Gasteiger partial charge >= 0.3 is 0 Å². The fourth-order valence-corrected chi connectivity index (χ4v) is 2.70. The Kier molecular flexibility index (Phi) is 2.93. The summed E-state index contributed by atoms with van der Waals surface area (Å²) >= 11 is 2.16. The van der Waals surface area contributed by atoms with Gasteiger partial charge in [-0.1, -0.05) is 0 Å². The van der Waals surface area contributed by atoms with Gasteiger partial charge in [0.1, 0.15) is 11.5 Å². The van der Waals surface area contributed by atoms with Crippen LogP contribution in [-0.4, -0.2) is 29.0 Å². The quantitative estimate of drug-likeness (QED) is 0.452. The van der Waals surface area contributed by atoms with E-state index < -0.39 is 0 Å². The summed E-state index contributed by atoms with van der Waals surface area (Å²) in [5.41, 5.74) is 1.75. The molecule has 0 aromatic carbocycles. The molecule has 0 saturated heterocycles. The molecule has 22 heavy (non-hydrogen) atoms. The molecule has 4 aromatic heterocycles. The van der Waals surface area contributed by atoms with Crippen molar-refractivity contribution in [1.82, 2.24) is 29.0 Å². The van der Waals surface area contributed by atoms with Crippen LogP contribution in [0.25, 0.3) is 22.7 Å². The topological polar surface area (TPSA) is 77.5 Å². The van der Waals surface area contributed by atoms with Crippen molar-refractivity contribution in [3.63, 3.8) is 0 Å². The van der Waals surface area contributed by atoms with Gasteiger partial charge in [0.05, 0.1) is 5.69 Å². The van der Waals surface area contributed by atoms with E-state index in [1.165, 1.54) is 10.5 Å². The lowest BCUT2D eigenvalue weighted by atomic mass is 10.2. The van der Waals surface area contributed by atoms with Crippen molar-refractivity contribution in [2.75, 3.05) is 0 Å². The Morgan fingerprint density at radius 3 is 2.91 bits per heavy atom. The van der Waals surface area contributed by atoms with Gasteiger partial charge in [-0.05, 0) is 41.6 Å². The zero-order valence-electron chi connectivity index (χ0n) is 11.4. The molecule has 0 atom stereocenters. The predicted molar refractivity (Wildman–Crippen MR) is 88.7 cm³/mol. The molecule has 0 bridgehead atoms. The molecule has 0 aliphatic carbocycles. The lowest BCUT2D eigenvalue weighted by molar-refractivity contribution is 0.916. The molecule has 4 aromatic rings. The van der Waals surface area contributed by atoms with Crippen LogP contribution in [0.5, 0.6) is 0 Å². The fraction of sp³-hybridized carbons (Fsp3) is 0.0714. The summed E-state index contributed by atoms with van der Waals surface area (Å²) in [5.74, 6) is 1.17. The number of aromatic nitrogens is 6. The normalized spacial score (nSPS) is 11.4. The summed E-state index contributed by atoms with van der Waals surface area (Å²) in [6, 6.07) is 5.22. The number of fused-ring (bicyclic) bond motifs is 2.